The van der Waals surface area contributed by atoms with E-state index in [0.29, 0.717) is 5.95 Å². The van der Waals surface area contributed by atoms with Crippen LogP contribution in [0.2, 0.25) is 0 Å². The first-order chi connectivity index (χ1) is 13.7. The lowest BCUT2D eigenvalue weighted by Crippen LogP contribution is -2.17. The molecule has 1 aromatic heterocycles. The van der Waals surface area contributed by atoms with E-state index in [4.69, 9.17) is 0 Å². The summed E-state index contributed by atoms with van der Waals surface area (Å²) in [5.41, 5.74) is 4.46. The number of rotatable bonds is 6. The summed E-state index contributed by atoms with van der Waals surface area (Å²) in [7, 11) is 0. The maximum atomic E-state index is 4.65. The van der Waals surface area contributed by atoms with Crippen LogP contribution in [0.1, 0.15) is 37.1 Å². The summed E-state index contributed by atoms with van der Waals surface area (Å²) >= 11 is 0. The SMILES string of the molecule is Cc1cc(Nc2ccc(N3CCCC3)cc2)nc(NC(C)c2ccccc2)n1. The minimum Gasteiger partial charge on any atom is -0.372 e. The molecule has 0 bridgehead atoms. The maximum Gasteiger partial charge on any atom is 0.225 e. The second-order valence-corrected chi connectivity index (χ2v) is 7.36. The minimum atomic E-state index is 0.135. The average molecular weight is 374 g/mol. The predicted octanol–water partition coefficient (Wildman–Crippen LogP) is 5.30. The van der Waals surface area contributed by atoms with Crippen molar-refractivity contribution < 1.29 is 0 Å². The van der Waals surface area contributed by atoms with E-state index in [2.05, 4.69) is 68.8 Å². The van der Waals surface area contributed by atoms with E-state index in [1.807, 2.05) is 31.2 Å². The Kier molecular flexibility index (Phi) is 5.42. The van der Waals surface area contributed by atoms with E-state index in [-0.39, 0.29) is 6.04 Å². The Labute approximate surface area is 166 Å². The van der Waals surface area contributed by atoms with E-state index in [1.54, 1.807) is 0 Å². The van der Waals surface area contributed by atoms with Gasteiger partial charge in [-0.2, -0.15) is 4.98 Å². The van der Waals surface area contributed by atoms with Gasteiger partial charge in [-0.1, -0.05) is 30.3 Å². The van der Waals surface area contributed by atoms with Gasteiger partial charge in [-0.25, -0.2) is 4.98 Å². The van der Waals surface area contributed by atoms with Gasteiger partial charge in [0, 0.05) is 36.2 Å². The topological polar surface area (TPSA) is 53.1 Å². The first-order valence-corrected chi connectivity index (χ1v) is 9.96. The quantitative estimate of drug-likeness (QED) is 0.614. The van der Waals surface area contributed by atoms with Gasteiger partial charge in [-0.15, -0.1) is 0 Å². The van der Waals surface area contributed by atoms with Crippen LogP contribution in [-0.4, -0.2) is 23.1 Å². The number of hydrogen-bond acceptors (Lipinski definition) is 5. The highest BCUT2D eigenvalue weighted by molar-refractivity contribution is 5.62. The van der Waals surface area contributed by atoms with Crippen LogP contribution < -0.4 is 15.5 Å². The third kappa shape index (κ3) is 4.42. The number of hydrogen-bond donors (Lipinski definition) is 2. The molecule has 5 heteroatoms. The zero-order valence-electron chi connectivity index (χ0n) is 16.5. The monoisotopic (exact) mass is 373 g/mol. The average Bonchev–Trinajstić information content (AvgIpc) is 3.23. The van der Waals surface area contributed by atoms with Crippen LogP contribution in [0.4, 0.5) is 23.1 Å². The molecule has 0 spiro atoms. The standard InChI is InChI=1S/C23H27N5/c1-17-16-22(26-20-10-12-21(13-11-20)28-14-6-7-15-28)27-23(24-17)25-18(2)19-8-4-3-5-9-19/h3-5,8-13,16,18H,6-7,14-15H2,1-2H3,(H2,24,25,26,27). The number of aromatic nitrogens is 2. The molecule has 1 aliphatic rings. The van der Waals surface area contributed by atoms with Crippen molar-refractivity contribution >= 4 is 23.1 Å². The van der Waals surface area contributed by atoms with Crippen LogP contribution in [0.15, 0.2) is 60.7 Å². The fourth-order valence-electron chi connectivity index (χ4n) is 3.59. The number of nitrogens with zero attached hydrogens (tertiary/aromatic N) is 3. The van der Waals surface area contributed by atoms with Gasteiger partial charge in [0.2, 0.25) is 5.95 Å². The van der Waals surface area contributed by atoms with Crippen molar-refractivity contribution in [1.82, 2.24) is 9.97 Å². The van der Waals surface area contributed by atoms with Gasteiger partial charge < -0.3 is 15.5 Å². The summed E-state index contributed by atoms with van der Waals surface area (Å²) in [6.45, 7) is 6.42. The second kappa shape index (κ2) is 8.30. The molecule has 0 aliphatic carbocycles. The Morgan fingerprint density at radius 1 is 0.929 bits per heavy atom. The largest absolute Gasteiger partial charge is 0.372 e. The molecule has 28 heavy (non-hydrogen) atoms. The minimum absolute atomic E-state index is 0.135. The van der Waals surface area contributed by atoms with E-state index in [9.17, 15) is 0 Å². The number of anilines is 4. The molecule has 5 nitrogen and oxygen atoms in total. The van der Waals surface area contributed by atoms with Crippen molar-refractivity contribution in [3.63, 3.8) is 0 Å². The molecule has 0 radical (unpaired) electrons. The molecule has 2 heterocycles. The summed E-state index contributed by atoms with van der Waals surface area (Å²) in [5.74, 6) is 1.43. The molecule has 144 valence electrons. The summed E-state index contributed by atoms with van der Waals surface area (Å²) in [5, 5.41) is 6.81. The number of nitrogens with one attached hydrogen (secondary N) is 2. The smallest absolute Gasteiger partial charge is 0.225 e. The van der Waals surface area contributed by atoms with Gasteiger partial charge >= 0.3 is 0 Å². The highest BCUT2D eigenvalue weighted by Crippen LogP contribution is 2.24. The van der Waals surface area contributed by atoms with Gasteiger partial charge in [0.05, 0.1) is 6.04 Å². The van der Waals surface area contributed by atoms with Crippen molar-refractivity contribution in [2.75, 3.05) is 28.6 Å². The molecule has 2 N–H and O–H groups in total. The lowest BCUT2D eigenvalue weighted by molar-refractivity contribution is 0.858. The molecule has 0 saturated carbocycles. The highest BCUT2D eigenvalue weighted by Gasteiger charge is 2.12. The normalized spacial score (nSPS) is 14.7. The Hall–Kier alpha value is -3.08. The van der Waals surface area contributed by atoms with Crippen LogP contribution in [0.3, 0.4) is 0 Å². The lowest BCUT2D eigenvalue weighted by atomic mass is 10.1. The number of aryl methyl sites for hydroxylation is 1. The fraction of sp³-hybridized carbons (Fsp3) is 0.304. The Morgan fingerprint density at radius 2 is 1.64 bits per heavy atom. The maximum absolute atomic E-state index is 4.65. The van der Waals surface area contributed by atoms with E-state index >= 15 is 0 Å². The summed E-state index contributed by atoms with van der Waals surface area (Å²) in [4.78, 5) is 11.6. The summed E-state index contributed by atoms with van der Waals surface area (Å²) in [6, 6.07) is 21.0. The van der Waals surface area contributed by atoms with Crippen LogP contribution >= 0.6 is 0 Å². The molecule has 3 aromatic rings. The molecule has 1 saturated heterocycles. The third-order valence-electron chi connectivity index (χ3n) is 5.11. The Balaban J connectivity index is 1.46. The predicted molar refractivity (Wildman–Crippen MR) is 116 cm³/mol. The molecular formula is C23H27N5. The van der Waals surface area contributed by atoms with Gasteiger partial charge in [-0.05, 0) is 56.5 Å². The van der Waals surface area contributed by atoms with Crippen LogP contribution in [-0.2, 0) is 0 Å². The zero-order chi connectivity index (χ0) is 19.3. The van der Waals surface area contributed by atoms with Crippen molar-refractivity contribution in [2.24, 2.45) is 0 Å². The van der Waals surface area contributed by atoms with Crippen molar-refractivity contribution in [3.8, 4) is 0 Å². The summed E-state index contributed by atoms with van der Waals surface area (Å²) in [6.07, 6.45) is 2.58. The van der Waals surface area contributed by atoms with Gasteiger partial charge in [0.1, 0.15) is 5.82 Å². The van der Waals surface area contributed by atoms with Crippen molar-refractivity contribution in [3.05, 3.63) is 71.9 Å². The molecule has 0 amide bonds. The van der Waals surface area contributed by atoms with E-state index in [0.717, 1.165) is 30.3 Å². The van der Waals surface area contributed by atoms with Crippen LogP contribution in [0.5, 0.6) is 0 Å². The van der Waals surface area contributed by atoms with Crippen molar-refractivity contribution in [2.45, 2.75) is 32.7 Å². The zero-order valence-corrected chi connectivity index (χ0v) is 16.5. The highest BCUT2D eigenvalue weighted by atomic mass is 15.2. The van der Waals surface area contributed by atoms with Crippen LogP contribution in [0.25, 0.3) is 0 Å². The van der Waals surface area contributed by atoms with Gasteiger partial charge in [0.25, 0.3) is 0 Å². The summed E-state index contributed by atoms with van der Waals surface area (Å²) < 4.78 is 0. The molecule has 1 unspecified atom stereocenters. The first kappa shape index (κ1) is 18.3. The molecule has 4 rings (SSSR count). The second-order valence-electron chi connectivity index (χ2n) is 7.36. The Bertz CT molecular complexity index is 902. The molecule has 1 atom stereocenters. The molecule has 2 aromatic carbocycles. The fourth-order valence-corrected chi connectivity index (χ4v) is 3.59. The van der Waals surface area contributed by atoms with E-state index in [1.165, 1.54) is 24.1 Å². The molecule has 1 aliphatic heterocycles. The van der Waals surface area contributed by atoms with Gasteiger partial charge in [0.15, 0.2) is 0 Å². The lowest BCUT2D eigenvalue weighted by Gasteiger charge is -2.18. The Morgan fingerprint density at radius 3 is 2.36 bits per heavy atom. The van der Waals surface area contributed by atoms with Crippen molar-refractivity contribution in [1.29, 1.82) is 0 Å². The number of benzene rings is 2. The van der Waals surface area contributed by atoms with E-state index < -0.39 is 0 Å². The van der Waals surface area contributed by atoms with Gasteiger partial charge in [-0.3, -0.25) is 0 Å². The molecular weight excluding hydrogens is 346 g/mol. The van der Waals surface area contributed by atoms with Crippen LogP contribution in [0, 0.1) is 6.92 Å². The third-order valence-corrected chi connectivity index (χ3v) is 5.11. The first-order valence-electron chi connectivity index (χ1n) is 9.96. The molecule has 1 fully saturated rings.